The van der Waals surface area contributed by atoms with Crippen LogP contribution in [0.15, 0.2) is 18.2 Å². The molecule has 21 heavy (non-hydrogen) atoms. The molecule has 2 rings (SSSR count). The van der Waals surface area contributed by atoms with E-state index in [1.54, 1.807) is 0 Å². The molecular weight excluding hydrogens is 260 g/mol. The van der Waals surface area contributed by atoms with Gasteiger partial charge in [0.15, 0.2) is 0 Å². The third-order valence-electron chi connectivity index (χ3n) is 4.96. The Morgan fingerprint density at radius 2 is 1.81 bits per heavy atom. The summed E-state index contributed by atoms with van der Waals surface area (Å²) in [6.45, 7) is 8.85. The predicted octanol–water partition coefficient (Wildman–Crippen LogP) is 4.37. The van der Waals surface area contributed by atoms with Crippen LogP contribution >= 0.6 is 0 Å². The number of amides is 1. The highest BCUT2D eigenvalue weighted by molar-refractivity contribution is 5.94. The van der Waals surface area contributed by atoms with Crippen molar-refractivity contribution in [1.29, 1.82) is 0 Å². The van der Waals surface area contributed by atoms with E-state index in [1.807, 2.05) is 25.1 Å². The van der Waals surface area contributed by atoms with Crippen LogP contribution in [-0.2, 0) is 4.79 Å². The van der Waals surface area contributed by atoms with Crippen molar-refractivity contribution in [3.63, 3.8) is 0 Å². The number of anilines is 2. The maximum atomic E-state index is 12.4. The molecule has 0 heterocycles. The quantitative estimate of drug-likeness (QED) is 0.794. The number of hydrogen-bond acceptors (Lipinski definition) is 2. The first kappa shape index (κ1) is 15.9. The molecular formula is C18H28N2O. The minimum atomic E-state index is 0.143. The van der Waals surface area contributed by atoms with Crippen molar-refractivity contribution < 1.29 is 4.79 Å². The predicted molar refractivity (Wildman–Crippen MR) is 89.1 cm³/mol. The third-order valence-corrected chi connectivity index (χ3v) is 4.96. The molecule has 0 bridgehead atoms. The number of rotatable bonds is 2. The summed E-state index contributed by atoms with van der Waals surface area (Å²) in [7, 11) is 0. The van der Waals surface area contributed by atoms with Crippen molar-refractivity contribution in [2.45, 2.75) is 53.4 Å². The summed E-state index contributed by atoms with van der Waals surface area (Å²) in [6.07, 6.45) is 4.29. The number of benzene rings is 1. The number of nitrogen functional groups attached to an aromatic ring is 1. The number of hydrogen-bond donors (Lipinski definition) is 2. The zero-order valence-corrected chi connectivity index (χ0v) is 13.7. The Hall–Kier alpha value is -1.51. The van der Waals surface area contributed by atoms with E-state index in [9.17, 15) is 4.79 Å². The summed E-state index contributed by atoms with van der Waals surface area (Å²) < 4.78 is 0. The molecule has 0 aliphatic heterocycles. The zero-order valence-electron chi connectivity index (χ0n) is 13.7. The molecule has 3 nitrogen and oxygen atoms in total. The Morgan fingerprint density at radius 3 is 2.38 bits per heavy atom. The van der Waals surface area contributed by atoms with Crippen molar-refractivity contribution in [2.75, 3.05) is 11.1 Å². The Kier molecular flexibility index (Phi) is 4.60. The molecule has 1 aromatic carbocycles. The monoisotopic (exact) mass is 288 g/mol. The molecule has 1 fully saturated rings. The SMILES string of the molecule is Cc1c(N)cccc1NC(=O)C1CCC(C(C)(C)C)CC1. The van der Waals surface area contributed by atoms with E-state index in [-0.39, 0.29) is 11.8 Å². The summed E-state index contributed by atoms with van der Waals surface area (Å²) in [5.41, 5.74) is 8.77. The minimum Gasteiger partial charge on any atom is -0.398 e. The summed E-state index contributed by atoms with van der Waals surface area (Å²) in [5.74, 6) is 1.02. The van der Waals surface area contributed by atoms with Crippen LogP contribution in [0.4, 0.5) is 11.4 Å². The molecule has 116 valence electrons. The van der Waals surface area contributed by atoms with Crippen molar-refractivity contribution in [3.05, 3.63) is 23.8 Å². The van der Waals surface area contributed by atoms with Gasteiger partial charge in [0.05, 0.1) is 0 Å². The maximum absolute atomic E-state index is 12.4. The van der Waals surface area contributed by atoms with Crippen LogP contribution in [0, 0.1) is 24.2 Å². The number of carbonyl (C=O) groups is 1. The highest BCUT2D eigenvalue weighted by atomic mass is 16.1. The van der Waals surface area contributed by atoms with E-state index in [0.717, 1.165) is 48.5 Å². The van der Waals surface area contributed by atoms with E-state index in [1.165, 1.54) is 0 Å². The summed E-state index contributed by atoms with van der Waals surface area (Å²) in [4.78, 5) is 12.4. The molecule has 1 amide bonds. The molecule has 1 aliphatic rings. The lowest BCUT2D eigenvalue weighted by Crippen LogP contribution is -2.31. The lowest BCUT2D eigenvalue weighted by Gasteiger charge is -2.36. The highest BCUT2D eigenvalue weighted by Crippen LogP contribution is 2.40. The fourth-order valence-electron chi connectivity index (χ4n) is 3.25. The van der Waals surface area contributed by atoms with Gasteiger partial charge in [0, 0.05) is 17.3 Å². The molecule has 3 heteroatoms. The van der Waals surface area contributed by atoms with Crippen LogP contribution in [0.3, 0.4) is 0 Å². The van der Waals surface area contributed by atoms with Gasteiger partial charge < -0.3 is 11.1 Å². The van der Waals surface area contributed by atoms with Gasteiger partial charge in [-0.2, -0.15) is 0 Å². The molecule has 0 radical (unpaired) electrons. The van der Waals surface area contributed by atoms with E-state index in [2.05, 4.69) is 26.1 Å². The zero-order chi connectivity index (χ0) is 15.6. The second-order valence-electron chi connectivity index (χ2n) is 7.42. The van der Waals surface area contributed by atoms with Crippen molar-refractivity contribution in [3.8, 4) is 0 Å². The smallest absolute Gasteiger partial charge is 0.227 e. The third kappa shape index (κ3) is 3.78. The van der Waals surface area contributed by atoms with Crippen LogP contribution < -0.4 is 11.1 Å². The highest BCUT2D eigenvalue weighted by Gasteiger charge is 2.32. The van der Waals surface area contributed by atoms with Gasteiger partial charge in [-0.15, -0.1) is 0 Å². The second kappa shape index (κ2) is 6.08. The van der Waals surface area contributed by atoms with Gasteiger partial charge in [-0.25, -0.2) is 0 Å². The maximum Gasteiger partial charge on any atom is 0.227 e. The average molecular weight is 288 g/mol. The van der Waals surface area contributed by atoms with Crippen molar-refractivity contribution in [1.82, 2.24) is 0 Å². The van der Waals surface area contributed by atoms with Gasteiger partial charge in [0.25, 0.3) is 0 Å². The average Bonchev–Trinajstić information content (AvgIpc) is 2.43. The van der Waals surface area contributed by atoms with Crippen LogP contribution in [0.1, 0.15) is 52.0 Å². The number of carbonyl (C=O) groups excluding carboxylic acids is 1. The van der Waals surface area contributed by atoms with Gasteiger partial charge in [0.2, 0.25) is 5.91 Å². The fraction of sp³-hybridized carbons (Fsp3) is 0.611. The standard InChI is InChI=1S/C18H28N2O/c1-12-15(19)6-5-7-16(12)20-17(21)13-8-10-14(11-9-13)18(2,3)4/h5-7,13-14H,8-11,19H2,1-4H3,(H,20,21). The molecule has 1 aliphatic carbocycles. The molecule has 3 N–H and O–H groups in total. The molecule has 0 spiro atoms. The number of nitrogens with two attached hydrogens (primary N) is 1. The van der Waals surface area contributed by atoms with Gasteiger partial charge >= 0.3 is 0 Å². The molecule has 0 aromatic heterocycles. The first-order valence-electron chi connectivity index (χ1n) is 7.95. The van der Waals surface area contributed by atoms with Crippen LogP contribution in [0.25, 0.3) is 0 Å². The Labute approximate surface area is 128 Å². The normalized spacial score (nSPS) is 22.9. The summed E-state index contributed by atoms with van der Waals surface area (Å²) in [5, 5.41) is 3.06. The van der Waals surface area contributed by atoms with Crippen LogP contribution in [-0.4, -0.2) is 5.91 Å². The van der Waals surface area contributed by atoms with Gasteiger partial charge in [0.1, 0.15) is 0 Å². The van der Waals surface area contributed by atoms with E-state index in [0.29, 0.717) is 5.41 Å². The van der Waals surface area contributed by atoms with Crippen LogP contribution in [0.2, 0.25) is 0 Å². The van der Waals surface area contributed by atoms with Gasteiger partial charge in [-0.05, 0) is 61.6 Å². The van der Waals surface area contributed by atoms with E-state index < -0.39 is 0 Å². The first-order chi connectivity index (χ1) is 9.79. The van der Waals surface area contributed by atoms with Crippen LogP contribution in [0.5, 0.6) is 0 Å². The molecule has 1 saturated carbocycles. The Balaban J connectivity index is 1.95. The number of nitrogens with one attached hydrogen (secondary N) is 1. The molecule has 0 atom stereocenters. The molecule has 0 saturated heterocycles. The van der Waals surface area contributed by atoms with Gasteiger partial charge in [-0.3, -0.25) is 4.79 Å². The Bertz CT molecular complexity index is 508. The van der Waals surface area contributed by atoms with E-state index in [4.69, 9.17) is 5.73 Å². The van der Waals surface area contributed by atoms with Crippen molar-refractivity contribution >= 4 is 17.3 Å². The first-order valence-corrected chi connectivity index (χ1v) is 7.95. The molecule has 0 unspecified atom stereocenters. The van der Waals surface area contributed by atoms with E-state index >= 15 is 0 Å². The summed E-state index contributed by atoms with van der Waals surface area (Å²) >= 11 is 0. The Morgan fingerprint density at radius 1 is 1.19 bits per heavy atom. The lowest BCUT2D eigenvalue weighted by molar-refractivity contribution is -0.121. The van der Waals surface area contributed by atoms with Gasteiger partial charge in [-0.1, -0.05) is 26.8 Å². The fourth-order valence-corrected chi connectivity index (χ4v) is 3.25. The second-order valence-corrected chi connectivity index (χ2v) is 7.42. The largest absolute Gasteiger partial charge is 0.398 e. The minimum absolute atomic E-state index is 0.143. The molecule has 1 aromatic rings. The summed E-state index contributed by atoms with van der Waals surface area (Å²) in [6, 6.07) is 5.67. The lowest BCUT2D eigenvalue weighted by atomic mass is 9.69. The topological polar surface area (TPSA) is 55.1 Å². The van der Waals surface area contributed by atoms with Crippen molar-refractivity contribution in [2.24, 2.45) is 17.3 Å².